The normalized spacial score (nSPS) is 11.3. The van der Waals surface area contributed by atoms with E-state index in [-0.39, 0.29) is 36.8 Å². The maximum absolute atomic E-state index is 11.5. The second-order valence-electron chi connectivity index (χ2n) is 4.02. The van der Waals surface area contributed by atoms with Gasteiger partial charge in [0.1, 0.15) is 0 Å². The highest BCUT2D eigenvalue weighted by molar-refractivity contribution is 5.85. The van der Waals surface area contributed by atoms with Crippen LogP contribution in [0.4, 0.5) is 0 Å². The third kappa shape index (κ3) is 8.94. The number of nitrogens with zero attached hydrogens (tertiary/aromatic N) is 1. The number of carbonyl (C=O) groups excluding carboxylic acids is 2. The van der Waals surface area contributed by atoms with Gasteiger partial charge in [0, 0.05) is 26.6 Å². The average Bonchev–Trinajstić information content (AvgIpc) is 2.23. The quantitative estimate of drug-likeness (QED) is 0.705. The summed E-state index contributed by atoms with van der Waals surface area (Å²) >= 11 is 0. The number of hydrogen-bond acceptors (Lipinski definition) is 3. The molecule has 5 nitrogen and oxygen atoms in total. The molecule has 3 N–H and O–H groups in total. The van der Waals surface area contributed by atoms with Crippen molar-refractivity contribution in [2.75, 3.05) is 20.1 Å². The summed E-state index contributed by atoms with van der Waals surface area (Å²) in [6, 6.07) is 0.0211. The van der Waals surface area contributed by atoms with Crippen molar-refractivity contribution in [3.05, 3.63) is 0 Å². The molecule has 0 fully saturated rings. The molecule has 6 heteroatoms. The Morgan fingerprint density at radius 2 is 2.00 bits per heavy atom. The van der Waals surface area contributed by atoms with Gasteiger partial charge in [0.25, 0.3) is 0 Å². The summed E-state index contributed by atoms with van der Waals surface area (Å²) in [5.74, 6) is -0.266. The molecule has 0 heterocycles. The Morgan fingerprint density at radius 3 is 2.41 bits per heavy atom. The molecule has 17 heavy (non-hydrogen) atoms. The van der Waals surface area contributed by atoms with Gasteiger partial charge in [0.15, 0.2) is 0 Å². The van der Waals surface area contributed by atoms with Gasteiger partial charge >= 0.3 is 0 Å². The first-order chi connectivity index (χ1) is 7.51. The van der Waals surface area contributed by atoms with Crippen LogP contribution in [0.3, 0.4) is 0 Å². The van der Waals surface area contributed by atoms with Gasteiger partial charge in [0.05, 0.1) is 6.54 Å². The zero-order valence-corrected chi connectivity index (χ0v) is 11.7. The van der Waals surface area contributed by atoms with Gasteiger partial charge in [-0.05, 0) is 6.42 Å². The Kier molecular flexibility index (Phi) is 11.3. The van der Waals surface area contributed by atoms with Crippen molar-refractivity contribution in [2.45, 2.75) is 39.2 Å². The van der Waals surface area contributed by atoms with Gasteiger partial charge in [-0.15, -0.1) is 12.4 Å². The predicted octanol–water partition coefficient (Wildman–Crippen LogP) is 0.520. The van der Waals surface area contributed by atoms with Crippen molar-refractivity contribution < 1.29 is 9.59 Å². The van der Waals surface area contributed by atoms with E-state index in [1.165, 1.54) is 11.8 Å². The van der Waals surface area contributed by atoms with E-state index in [0.29, 0.717) is 6.54 Å². The molecule has 0 saturated heterocycles. The van der Waals surface area contributed by atoms with E-state index in [9.17, 15) is 9.59 Å². The molecular formula is C11H24ClN3O2. The molecule has 0 aliphatic rings. The van der Waals surface area contributed by atoms with Crippen molar-refractivity contribution in [1.29, 1.82) is 0 Å². The lowest BCUT2D eigenvalue weighted by atomic mass is 10.1. The summed E-state index contributed by atoms with van der Waals surface area (Å²) in [6.07, 6.45) is 3.02. The van der Waals surface area contributed by atoms with Crippen molar-refractivity contribution in [3.63, 3.8) is 0 Å². The minimum absolute atomic E-state index is 0. The van der Waals surface area contributed by atoms with Crippen molar-refractivity contribution in [1.82, 2.24) is 10.2 Å². The first-order valence-electron chi connectivity index (χ1n) is 5.72. The largest absolute Gasteiger partial charge is 0.351 e. The summed E-state index contributed by atoms with van der Waals surface area (Å²) in [4.78, 5) is 23.8. The van der Waals surface area contributed by atoms with E-state index in [4.69, 9.17) is 5.73 Å². The van der Waals surface area contributed by atoms with E-state index in [1.54, 1.807) is 7.05 Å². The van der Waals surface area contributed by atoms with Crippen LogP contribution in [0.15, 0.2) is 0 Å². The minimum atomic E-state index is -0.149. The summed E-state index contributed by atoms with van der Waals surface area (Å²) < 4.78 is 0. The second kappa shape index (κ2) is 10.4. The van der Waals surface area contributed by atoms with Crippen molar-refractivity contribution in [2.24, 2.45) is 5.73 Å². The van der Waals surface area contributed by atoms with Crippen LogP contribution in [0.5, 0.6) is 0 Å². The third-order valence-electron chi connectivity index (χ3n) is 2.47. The van der Waals surface area contributed by atoms with Crippen LogP contribution in [0.25, 0.3) is 0 Å². The number of carbonyl (C=O) groups is 2. The number of halogens is 1. The fourth-order valence-corrected chi connectivity index (χ4v) is 1.30. The highest BCUT2D eigenvalue weighted by Gasteiger charge is 2.13. The van der Waals surface area contributed by atoms with Crippen molar-refractivity contribution >= 4 is 24.2 Å². The van der Waals surface area contributed by atoms with Crippen LogP contribution in [0, 0.1) is 0 Å². The molecule has 0 spiro atoms. The molecule has 0 aromatic rings. The minimum Gasteiger partial charge on any atom is -0.351 e. The molecule has 0 bridgehead atoms. The molecule has 0 aromatic heterocycles. The van der Waals surface area contributed by atoms with E-state index in [0.717, 1.165) is 19.3 Å². The maximum Gasteiger partial charge on any atom is 0.239 e. The van der Waals surface area contributed by atoms with E-state index >= 15 is 0 Å². The van der Waals surface area contributed by atoms with Crippen LogP contribution >= 0.6 is 12.4 Å². The Hall–Kier alpha value is -0.810. The maximum atomic E-state index is 11.5. The Balaban J connectivity index is 0. The fourth-order valence-electron chi connectivity index (χ4n) is 1.30. The summed E-state index contributed by atoms with van der Waals surface area (Å²) in [7, 11) is 1.60. The molecule has 0 aromatic carbocycles. The Bertz CT molecular complexity index is 237. The zero-order valence-electron chi connectivity index (χ0n) is 10.9. The number of amides is 2. The van der Waals surface area contributed by atoms with Crippen LogP contribution < -0.4 is 11.1 Å². The number of likely N-dealkylation sites (N-methyl/N-ethyl adjacent to an activating group) is 1. The molecular weight excluding hydrogens is 242 g/mol. The van der Waals surface area contributed by atoms with Gasteiger partial charge in [-0.3, -0.25) is 9.59 Å². The summed E-state index contributed by atoms with van der Waals surface area (Å²) in [5.41, 5.74) is 5.56. The lowest BCUT2D eigenvalue weighted by Gasteiger charge is -2.19. The van der Waals surface area contributed by atoms with Crippen LogP contribution in [-0.4, -0.2) is 42.9 Å². The molecule has 0 rings (SSSR count). The molecule has 1 atom stereocenters. The first kappa shape index (κ1) is 18.6. The van der Waals surface area contributed by atoms with Crippen molar-refractivity contribution in [3.8, 4) is 0 Å². The first-order valence-corrected chi connectivity index (χ1v) is 5.72. The standard InChI is InChI=1S/C11H23N3O2.ClH/c1-4-5-6-10(7-12)13-11(16)8-14(3)9(2)15;/h10H,4-8,12H2,1-3H3,(H,13,16);1H. The van der Waals surface area contributed by atoms with Gasteiger partial charge in [-0.1, -0.05) is 19.8 Å². The smallest absolute Gasteiger partial charge is 0.239 e. The number of unbranched alkanes of at least 4 members (excludes halogenated alkanes) is 1. The third-order valence-corrected chi connectivity index (χ3v) is 2.47. The highest BCUT2D eigenvalue weighted by Crippen LogP contribution is 1.99. The lowest BCUT2D eigenvalue weighted by Crippen LogP contribution is -2.45. The molecule has 102 valence electrons. The summed E-state index contributed by atoms with van der Waals surface area (Å²) in [5, 5.41) is 2.83. The Morgan fingerprint density at radius 1 is 1.41 bits per heavy atom. The number of rotatable bonds is 7. The van der Waals surface area contributed by atoms with E-state index < -0.39 is 0 Å². The van der Waals surface area contributed by atoms with Gasteiger partial charge in [-0.25, -0.2) is 0 Å². The molecule has 0 radical (unpaired) electrons. The number of nitrogens with two attached hydrogens (primary N) is 1. The van der Waals surface area contributed by atoms with Crippen LogP contribution in [0.1, 0.15) is 33.1 Å². The Labute approximate surface area is 110 Å². The second-order valence-corrected chi connectivity index (χ2v) is 4.02. The molecule has 0 aliphatic carbocycles. The molecule has 2 amide bonds. The van der Waals surface area contributed by atoms with Gasteiger partial charge in [-0.2, -0.15) is 0 Å². The van der Waals surface area contributed by atoms with E-state index in [1.807, 2.05) is 0 Å². The molecule has 0 aliphatic heterocycles. The predicted molar refractivity (Wildman–Crippen MR) is 71.1 cm³/mol. The van der Waals surface area contributed by atoms with Crippen LogP contribution in [0.2, 0.25) is 0 Å². The SMILES string of the molecule is CCCCC(CN)NC(=O)CN(C)C(C)=O.Cl. The molecule has 1 unspecified atom stereocenters. The van der Waals surface area contributed by atoms with Crippen LogP contribution in [-0.2, 0) is 9.59 Å². The zero-order chi connectivity index (χ0) is 12.6. The average molecular weight is 266 g/mol. The topological polar surface area (TPSA) is 75.4 Å². The van der Waals surface area contributed by atoms with Gasteiger partial charge in [0.2, 0.25) is 11.8 Å². The number of nitrogens with one attached hydrogen (secondary N) is 1. The summed E-state index contributed by atoms with van der Waals surface area (Å²) in [6.45, 7) is 4.07. The number of hydrogen-bond donors (Lipinski definition) is 2. The molecule has 0 saturated carbocycles. The highest BCUT2D eigenvalue weighted by atomic mass is 35.5. The fraction of sp³-hybridized carbons (Fsp3) is 0.818. The monoisotopic (exact) mass is 265 g/mol. The lowest BCUT2D eigenvalue weighted by molar-refractivity contribution is -0.133. The van der Waals surface area contributed by atoms with Gasteiger partial charge < -0.3 is 16.0 Å². The van der Waals surface area contributed by atoms with E-state index in [2.05, 4.69) is 12.2 Å².